The van der Waals surface area contributed by atoms with Gasteiger partial charge in [-0.15, -0.1) is 0 Å². The molecule has 1 saturated carbocycles. The van der Waals surface area contributed by atoms with E-state index in [1.165, 1.54) is 0 Å². The van der Waals surface area contributed by atoms with Gasteiger partial charge in [-0.25, -0.2) is 0 Å². The molecule has 0 radical (unpaired) electrons. The van der Waals surface area contributed by atoms with Crippen molar-refractivity contribution in [3.8, 4) is 0 Å². The normalized spacial score (nSPS) is 23.6. The van der Waals surface area contributed by atoms with Crippen LogP contribution in [-0.4, -0.2) is 22.4 Å². The molecule has 2 rings (SSSR count). The van der Waals surface area contributed by atoms with Crippen molar-refractivity contribution in [1.82, 2.24) is 0 Å². The van der Waals surface area contributed by atoms with Crippen molar-refractivity contribution in [2.75, 3.05) is 11.6 Å². The SMILES string of the molecule is CS(=O)Cc1cc(NC(=O)C2CCC(N)C2)ccc1Cl. The van der Waals surface area contributed by atoms with Gasteiger partial charge in [-0.3, -0.25) is 9.00 Å². The van der Waals surface area contributed by atoms with Crippen LogP contribution < -0.4 is 11.1 Å². The van der Waals surface area contributed by atoms with Crippen molar-refractivity contribution in [2.45, 2.75) is 31.1 Å². The topological polar surface area (TPSA) is 72.2 Å². The van der Waals surface area contributed by atoms with Gasteiger partial charge in [-0.05, 0) is 43.0 Å². The summed E-state index contributed by atoms with van der Waals surface area (Å²) in [4.78, 5) is 12.1. The summed E-state index contributed by atoms with van der Waals surface area (Å²) < 4.78 is 11.3. The molecule has 3 N–H and O–H groups in total. The number of benzene rings is 1. The highest BCUT2D eigenvalue weighted by atomic mass is 35.5. The fourth-order valence-electron chi connectivity index (χ4n) is 2.48. The number of hydrogen-bond acceptors (Lipinski definition) is 3. The molecular weight excluding hydrogens is 296 g/mol. The summed E-state index contributed by atoms with van der Waals surface area (Å²) in [5.74, 6) is 0.380. The van der Waals surface area contributed by atoms with Crippen LogP contribution in [0.4, 0.5) is 5.69 Å². The molecule has 1 aliphatic rings. The van der Waals surface area contributed by atoms with Gasteiger partial charge in [0.2, 0.25) is 5.91 Å². The molecule has 0 aromatic heterocycles. The van der Waals surface area contributed by atoms with E-state index in [9.17, 15) is 9.00 Å². The first-order valence-corrected chi connectivity index (χ1v) is 8.71. The second kappa shape index (κ2) is 6.70. The van der Waals surface area contributed by atoms with Crippen LogP contribution >= 0.6 is 11.6 Å². The van der Waals surface area contributed by atoms with E-state index in [0.29, 0.717) is 16.5 Å². The van der Waals surface area contributed by atoms with Gasteiger partial charge in [-0.1, -0.05) is 11.6 Å². The fourth-order valence-corrected chi connectivity index (χ4v) is 3.42. The summed E-state index contributed by atoms with van der Waals surface area (Å²) >= 11 is 6.06. The maximum Gasteiger partial charge on any atom is 0.227 e. The smallest absolute Gasteiger partial charge is 0.227 e. The van der Waals surface area contributed by atoms with E-state index in [2.05, 4.69) is 5.32 Å². The van der Waals surface area contributed by atoms with Crippen LogP contribution in [0.25, 0.3) is 0 Å². The number of nitrogens with one attached hydrogen (secondary N) is 1. The lowest BCUT2D eigenvalue weighted by molar-refractivity contribution is -0.119. The van der Waals surface area contributed by atoms with E-state index in [0.717, 1.165) is 24.8 Å². The lowest BCUT2D eigenvalue weighted by Gasteiger charge is -2.12. The fraction of sp³-hybridized carbons (Fsp3) is 0.500. The monoisotopic (exact) mass is 314 g/mol. The first-order valence-electron chi connectivity index (χ1n) is 6.60. The molecule has 1 fully saturated rings. The van der Waals surface area contributed by atoms with Gasteiger partial charge in [0.15, 0.2) is 0 Å². The standard InChI is InChI=1S/C14H19ClN2O2S/c1-20(19)8-10-7-12(4-5-13(10)15)17-14(18)9-2-3-11(16)6-9/h4-5,7,9,11H,2-3,6,8,16H2,1H3,(H,17,18). The van der Waals surface area contributed by atoms with Gasteiger partial charge in [-0.2, -0.15) is 0 Å². The number of anilines is 1. The Morgan fingerprint density at radius 2 is 2.25 bits per heavy atom. The van der Waals surface area contributed by atoms with Crippen molar-refractivity contribution < 1.29 is 9.00 Å². The number of amides is 1. The summed E-state index contributed by atoms with van der Waals surface area (Å²) in [7, 11) is -0.968. The quantitative estimate of drug-likeness (QED) is 0.895. The molecule has 0 heterocycles. The molecule has 1 amide bonds. The Hall–Kier alpha value is -0.910. The Bertz CT molecular complexity index is 536. The number of nitrogens with two attached hydrogens (primary N) is 1. The molecule has 0 aliphatic heterocycles. The first kappa shape index (κ1) is 15.5. The molecule has 4 nitrogen and oxygen atoms in total. The minimum absolute atomic E-state index is 0.00356. The van der Waals surface area contributed by atoms with Gasteiger partial charge in [0.25, 0.3) is 0 Å². The molecule has 3 unspecified atom stereocenters. The number of halogens is 1. The predicted octanol–water partition coefficient (Wildman–Crippen LogP) is 2.28. The molecule has 20 heavy (non-hydrogen) atoms. The zero-order valence-electron chi connectivity index (χ0n) is 11.4. The summed E-state index contributed by atoms with van der Waals surface area (Å²) in [5, 5.41) is 3.46. The van der Waals surface area contributed by atoms with E-state index < -0.39 is 10.8 Å². The molecule has 1 aromatic rings. The van der Waals surface area contributed by atoms with Crippen LogP contribution in [0.1, 0.15) is 24.8 Å². The lowest BCUT2D eigenvalue weighted by atomic mass is 10.1. The Labute approximate surface area is 126 Å². The zero-order chi connectivity index (χ0) is 14.7. The van der Waals surface area contributed by atoms with Crippen molar-refractivity contribution in [2.24, 2.45) is 11.7 Å². The maximum absolute atomic E-state index is 12.1. The zero-order valence-corrected chi connectivity index (χ0v) is 13.0. The average molecular weight is 315 g/mol. The van der Waals surface area contributed by atoms with Crippen LogP contribution in [-0.2, 0) is 21.3 Å². The Morgan fingerprint density at radius 1 is 1.50 bits per heavy atom. The van der Waals surface area contributed by atoms with Crippen LogP contribution in [0.15, 0.2) is 18.2 Å². The van der Waals surface area contributed by atoms with E-state index in [1.807, 2.05) is 0 Å². The number of hydrogen-bond donors (Lipinski definition) is 2. The molecular formula is C14H19ClN2O2S. The minimum atomic E-state index is -0.968. The second-order valence-corrected chi connectivity index (χ2v) is 7.13. The second-order valence-electron chi connectivity index (χ2n) is 5.28. The summed E-state index contributed by atoms with van der Waals surface area (Å²) in [6.45, 7) is 0. The van der Waals surface area contributed by atoms with Crippen LogP contribution in [0.5, 0.6) is 0 Å². The third kappa shape index (κ3) is 4.04. The summed E-state index contributed by atoms with van der Waals surface area (Å²) in [6.07, 6.45) is 4.11. The Morgan fingerprint density at radius 3 is 2.85 bits per heavy atom. The molecule has 0 bridgehead atoms. The van der Waals surface area contributed by atoms with Crippen molar-refractivity contribution in [3.63, 3.8) is 0 Å². The molecule has 3 atom stereocenters. The van der Waals surface area contributed by atoms with Crippen molar-refractivity contribution in [3.05, 3.63) is 28.8 Å². The number of carbonyl (C=O) groups is 1. The van der Waals surface area contributed by atoms with Gasteiger partial charge in [0, 0.05) is 45.5 Å². The third-order valence-electron chi connectivity index (χ3n) is 3.52. The van der Waals surface area contributed by atoms with E-state index in [-0.39, 0.29) is 17.9 Å². The lowest BCUT2D eigenvalue weighted by Crippen LogP contribution is -2.23. The highest BCUT2D eigenvalue weighted by molar-refractivity contribution is 7.83. The average Bonchev–Trinajstić information content (AvgIpc) is 2.79. The summed E-state index contributed by atoms with van der Waals surface area (Å²) in [6, 6.07) is 5.40. The third-order valence-corrected chi connectivity index (χ3v) is 4.60. The predicted molar refractivity (Wildman–Crippen MR) is 83.2 cm³/mol. The van der Waals surface area contributed by atoms with E-state index in [1.54, 1.807) is 24.5 Å². The largest absolute Gasteiger partial charge is 0.328 e. The molecule has 1 aromatic carbocycles. The Kier molecular flexibility index (Phi) is 5.18. The Balaban J connectivity index is 2.05. The molecule has 0 spiro atoms. The molecule has 1 aliphatic carbocycles. The first-order chi connectivity index (χ1) is 9.45. The highest BCUT2D eigenvalue weighted by Crippen LogP contribution is 2.27. The van der Waals surface area contributed by atoms with Crippen LogP contribution in [0.3, 0.4) is 0 Å². The maximum atomic E-state index is 12.1. The minimum Gasteiger partial charge on any atom is -0.328 e. The van der Waals surface area contributed by atoms with Crippen LogP contribution in [0, 0.1) is 5.92 Å². The van der Waals surface area contributed by atoms with Crippen molar-refractivity contribution in [1.29, 1.82) is 0 Å². The van der Waals surface area contributed by atoms with Gasteiger partial charge in [0.1, 0.15) is 0 Å². The molecule has 6 heteroatoms. The van der Waals surface area contributed by atoms with E-state index in [4.69, 9.17) is 17.3 Å². The molecule has 0 saturated heterocycles. The van der Waals surface area contributed by atoms with Gasteiger partial charge < -0.3 is 11.1 Å². The van der Waals surface area contributed by atoms with Gasteiger partial charge >= 0.3 is 0 Å². The molecule has 110 valence electrons. The van der Waals surface area contributed by atoms with Crippen molar-refractivity contribution >= 4 is 34.0 Å². The van der Waals surface area contributed by atoms with E-state index >= 15 is 0 Å². The van der Waals surface area contributed by atoms with Crippen LogP contribution in [0.2, 0.25) is 5.02 Å². The van der Waals surface area contributed by atoms with Gasteiger partial charge in [0.05, 0.1) is 0 Å². The highest BCUT2D eigenvalue weighted by Gasteiger charge is 2.27. The summed E-state index contributed by atoms with van der Waals surface area (Å²) in [5.41, 5.74) is 7.30. The number of rotatable bonds is 4. The number of carbonyl (C=O) groups excluding carboxylic acids is 1.